The highest BCUT2D eigenvalue weighted by molar-refractivity contribution is 7.10. The fraction of sp³-hybridized carbons (Fsp3) is 0.333. The minimum absolute atomic E-state index is 0.0481. The van der Waals surface area contributed by atoms with Crippen LogP contribution >= 0.6 is 11.3 Å². The van der Waals surface area contributed by atoms with Crippen LogP contribution in [0.2, 0.25) is 0 Å². The van der Waals surface area contributed by atoms with E-state index in [0.29, 0.717) is 30.6 Å². The maximum Gasteiger partial charge on any atom is 0.278 e. The summed E-state index contributed by atoms with van der Waals surface area (Å²) < 4.78 is 11.6. The first kappa shape index (κ1) is 15.6. The third-order valence-electron chi connectivity index (χ3n) is 3.39. The molecule has 120 valence electrons. The van der Waals surface area contributed by atoms with Crippen molar-refractivity contribution in [3.8, 4) is 11.6 Å². The highest BCUT2D eigenvalue weighted by atomic mass is 32.1. The Balaban J connectivity index is 1.87. The van der Waals surface area contributed by atoms with E-state index in [0.717, 1.165) is 4.88 Å². The number of hydrogen-bond acceptors (Lipinski definition) is 7. The molecule has 0 aromatic carbocycles. The molecule has 0 spiro atoms. The quantitative estimate of drug-likeness (QED) is 0.688. The van der Waals surface area contributed by atoms with Crippen LogP contribution in [0.15, 0.2) is 39.0 Å². The van der Waals surface area contributed by atoms with Crippen LogP contribution in [0.3, 0.4) is 0 Å². The van der Waals surface area contributed by atoms with Crippen molar-refractivity contribution in [3.63, 3.8) is 0 Å². The van der Waals surface area contributed by atoms with Crippen LogP contribution < -0.4 is 5.56 Å². The van der Waals surface area contributed by atoms with Gasteiger partial charge in [-0.25, -0.2) is 4.68 Å². The molecule has 0 amide bonds. The second-order valence-electron chi connectivity index (χ2n) is 4.97. The topological polar surface area (TPSA) is 83.0 Å². The van der Waals surface area contributed by atoms with Crippen molar-refractivity contribution in [1.82, 2.24) is 19.9 Å². The van der Waals surface area contributed by atoms with Crippen molar-refractivity contribution in [2.24, 2.45) is 0 Å². The Hall–Kier alpha value is -2.32. The van der Waals surface area contributed by atoms with Crippen molar-refractivity contribution >= 4 is 11.3 Å². The Morgan fingerprint density at radius 2 is 2.26 bits per heavy atom. The van der Waals surface area contributed by atoms with Gasteiger partial charge in [0.15, 0.2) is 5.82 Å². The number of rotatable bonds is 6. The Labute approximate surface area is 136 Å². The molecule has 0 aliphatic rings. The molecule has 3 heterocycles. The zero-order chi connectivity index (χ0) is 16.2. The SMILES string of the molecule is COCCn1nc(-c2nc(C(C)c3cccs3)no2)ccc1=O. The fourth-order valence-electron chi connectivity index (χ4n) is 2.08. The van der Waals surface area contributed by atoms with Crippen molar-refractivity contribution in [2.75, 3.05) is 13.7 Å². The third-order valence-corrected chi connectivity index (χ3v) is 4.45. The van der Waals surface area contributed by atoms with Gasteiger partial charge in [-0.05, 0) is 17.5 Å². The third kappa shape index (κ3) is 3.38. The molecular formula is C15H16N4O3S. The van der Waals surface area contributed by atoms with Crippen molar-refractivity contribution in [1.29, 1.82) is 0 Å². The average molecular weight is 332 g/mol. The number of hydrogen-bond donors (Lipinski definition) is 0. The number of nitrogens with zero attached hydrogens (tertiary/aromatic N) is 4. The lowest BCUT2D eigenvalue weighted by atomic mass is 10.1. The van der Waals surface area contributed by atoms with Crippen LogP contribution in [0.5, 0.6) is 0 Å². The molecule has 3 aromatic rings. The zero-order valence-electron chi connectivity index (χ0n) is 12.8. The molecule has 0 aliphatic carbocycles. The molecule has 0 aliphatic heterocycles. The molecule has 1 atom stereocenters. The van der Waals surface area contributed by atoms with E-state index in [1.807, 2.05) is 24.4 Å². The van der Waals surface area contributed by atoms with E-state index in [9.17, 15) is 4.79 Å². The van der Waals surface area contributed by atoms with E-state index >= 15 is 0 Å². The van der Waals surface area contributed by atoms with Gasteiger partial charge in [-0.3, -0.25) is 4.79 Å². The summed E-state index contributed by atoms with van der Waals surface area (Å²) in [5.74, 6) is 0.945. The van der Waals surface area contributed by atoms with Gasteiger partial charge in [0.1, 0.15) is 5.69 Å². The minimum Gasteiger partial charge on any atom is -0.383 e. The molecule has 0 saturated carbocycles. The van der Waals surface area contributed by atoms with Crippen molar-refractivity contribution < 1.29 is 9.26 Å². The number of methoxy groups -OCH3 is 1. The van der Waals surface area contributed by atoms with E-state index in [1.54, 1.807) is 24.5 Å². The van der Waals surface area contributed by atoms with Gasteiger partial charge in [-0.15, -0.1) is 11.3 Å². The lowest BCUT2D eigenvalue weighted by molar-refractivity contribution is 0.182. The van der Waals surface area contributed by atoms with Crippen LogP contribution in [-0.4, -0.2) is 33.6 Å². The fourth-order valence-corrected chi connectivity index (χ4v) is 2.86. The van der Waals surface area contributed by atoms with Gasteiger partial charge in [0.2, 0.25) is 0 Å². The molecule has 0 bridgehead atoms. The van der Waals surface area contributed by atoms with Crippen LogP contribution in [-0.2, 0) is 11.3 Å². The number of thiophene rings is 1. The predicted molar refractivity (Wildman–Crippen MR) is 85.5 cm³/mol. The largest absolute Gasteiger partial charge is 0.383 e. The smallest absolute Gasteiger partial charge is 0.278 e. The molecule has 0 fully saturated rings. The lowest BCUT2D eigenvalue weighted by Crippen LogP contribution is -2.24. The summed E-state index contributed by atoms with van der Waals surface area (Å²) in [4.78, 5) is 17.3. The molecule has 0 radical (unpaired) electrons. The van der Waals surface area contributed by atoms with Gasteiger partial charge >= 0.3 is 0 Å². The average Bonchev–Trinajstić information content (AvgIpc) is 3.25. The Morgan fingerprint density at radius 1 is 1.39 bits per heavy atom. The number of aromatic nitrogens is 4. The second kappa shape index (κ2) is 6.84. The van der Waals surface area contributed by atoms with Crippen molar-refractivity contribution in [3.05, 3.63) is 50.7 Å². The van der Waals surface area contributed by atoms with E-state index in [1.165, 1.54) is 10.7 Å². The summed E-state index contributed by atoms with van der Waals surface area (Å²) >= 11 is 1.65. The zero-order valence-corrected chi connectivity index (χ0v) is 13.6. The van der Waals surface area contributed by atoms with Gasteiger partial charge in [0.05, 0.1) is 19.1 Å². The molecule has 7 nitrogen and oxygen atoms in total. The summed E-state index contributed by atoms with van der Waals surface area (Å²) in [6, 6.07) is 7.04. The molecule has 1 unspecified atom stereocenters. The first-order valence-electron chi connectivity index (χ1n) is 7.13. The number of ether oxygens (including phenoxy) is 1. The predicted octanol–water partition coefficient (Wildman–Crippen LogP) is 2.15. The standard InChI is InChI=1S/C15H16N4O3S/c1-10(12-4-3-9-23-12)14-16-15(22-18-14)11-5-6-13(20)19(17-11)7-8-21-2/h3-6,9-10H,7-8H2,1-2H3. The lowest BCUT2D eigenvalue weighted by Gasteiger charge is -2.04. The van der Waals surface area contributed by atoms with Gasteiger partial charge < -0.3 is 9.26 Å². The molecule has 23 heavy (non-hydrogen) atoms. The first-order valence-corrected chi connectivity index (χ1v) is 8.01. The molecule has 3 rings (SSSR count). The van der Waals surface area contributed by atoms with Gasteiger partial charge in [-0.2, -0.15) is 10.1 Å². The summed E-state index contributed by atoms with van der Waals surface area (Å²) in [5.41, 5.74) is 0.273. The molecule has 0 saturated heterocycles. The highest BCUT2D eigenvalue weighted by Gasteiger charge is 2.18. The summed E-state index contributed by atoms with van der Waals surface area (Å²) in [5, 5.41) is 10.3. The first-order chi connectivity index (χ1) is 11.2. The maximum absolute atomic E-state index is 11.8. The minimum atomic E-state index is -0.197. The molecule has 8 heteroatoms. The van der Waals surface area contributed by atoms with Crippen LogP contribution in [0, 0.1) is 0 Å². The maximum atomic E-state index is 11.8. The van der Waals surface area contributed by atoms with E-state index in [4.69, 9.17) is 9.26 Å². The van der Waals surface area contributed by atoms with Gasteiger partial charge in [-0.1, -0.05) is 18.1 Å². The Morgan fingerprint density at radius 3 is 3.00 bits per heavy atom. The summed E-state index contributed by atoms with van der Waals surface area (Å²) in [7, 11) is 1.57. The second-order valence-corrected chi connectivity index (χ2v) is 5.95. The van der Waals surface area contributed by atoms with Crippen LogP contribution in [0.25, 0.3) is 11.6 Å². The molecule has 3 aromatic heterocycles. The monoisotopic (exact) mass is 332 g/mol. The Kier molecular flexibility index (Phi) is 4.63. The molecular weight excluding hydrogens is 316 g/mol. The van der Waals surface area contributed by atoms with Crippen molar-refractivity contribution in [2.45, 2.75) is 19.4 Å². The summed E-state index contributed by atoms with van der Waals surface area (Å²) in [6.07, 6.45) is 0. The van der Waals surface area contributed by atoms with E-state index in [2.05, 4.69) is 15.2 Å². The summed E-state index contributed by atoms with van der Waals surface area (Å²) in [6.45, 7) is 2.80. The van der Waals surface area contributed by atoms with Gasteiger partial charge in [0.25, 0.3) is 11.4 Å². The Bertz CT molecular complexity index is 825. The normalized spacial score (nSPS) is 12.4. The highest BCUT2D eigenvalue weighted by Crippen LogP contribution is 2.27. The van der Waals surface area contributed by atoms with E-state index in [-0.39, 0.29) is 11.5 Å². The van der Waals surface area contributed by atoms with Gasteiger partial charge in [0, 0.05) is 18.1 Å². The molecule has 0 N–H and O–H groups in total. The van der Waals surface area contributed by atoms with Crippen LogP contribution in [0.1, 0.15) is 23.5 Å². The van der Waals surface area contributed by atoms with Crippen LogP contribution in [0.4, 0.5) is 0 Å². The van der Waals surface area contributed by atoms with E-state index < -0.39 is 0 Å².